The molecule has 0 fully saturated rings. The molecule has 3 heteroatoms. The van der Waals surface area contributed by atoms with Crippen LogP contribution in [0.2, 0.25) is 0 Å². The summed E-state index contributed by atoms with van der Waals surface area (Å²) in [6.45, 7) is 2.38. The predicted molar refractivity (Wildman–Crippen MR) is 62.6 cm³/mol. The van der Waals surface area contributed by atoms with Gasteiger partial charge in [0.2, 0.25) is 0 Å². The van der Waals surface area contributed by atoms with E-state index in [-0.39, 0.29) is 6.61 Å². The number of thioether (sulfide) groups is 1. The van der Waals surface area contributed by atoms with Gasteiger partial charge < -0.3 is 10.8 Å². The third-order valence-electron chi connectivity index (χ3n) is 2.02. The summed E-state index contributed by atoms with van der Waals surface area (Å²) < 4.78 is 0. The first-order valence-corrected chi connectivity index (χ1v) is 5.82. The van der Waals surface area contributed by atoms with Gasteiger partial charge in [-0.15, -0.1) is 11.8 Å². The van der Waals surface area contributed by atoms with Crippen LogP contribution in [0.25, 0.3) is 0 Å². The Morgan fingerprint density at radius 3 is 2.86 bits per heavy atom. The zero-order valence-electron chi connectivity index (χ0n) is 8.49. The second-order valence-electron chi connectivity index (χ2n) is 3.30. The largest absolute Gasteiger partial charge is 0.399 e. The smallest absolute Gasteiger partial charge is 0.0431 e. The number of aryl methyl sites for hydroxylation is 1. The van der Waals surface area contributed by atoms with Crippen molar-refractivity contribution in [3.63, 3.8) is 0 Å². The highest BCUT2D eigenvalue weighted by molar-refractivity contribution is 7.99. The topological polar surface area (TPSA) is 46.2 Å². The lowest BCUT2D eigenvalue weighted by molar-refractivity contribution is 0.287. The first-order valence-electron chi connectivity index (χ1n) is 4.84. The molecule has 14 heavy (non-hydrogen) atoms. The van der Waals surface area contributed by atoms with E-state index in [2.05, 4.69) is 6.92 Å². The first-order chi connectivity index (χ1) is 6.74. The third-order valence-corrected chi connectivity index (χ3v) is 3.27. The third kappa shape index (κ3) is 3.60. The van der Waals surface area contributed by atoms with Gasteiger partial charge in [0.25, 0.3) is 0 Å². The van der Waals surface area contributed by atoms with Crippen molar-refractivity contribution < 1.29 is 5.11 Å². The highest BCUT2D eigenvalue weighted by Crippen LogP contribution is 2.25. The highest BCUT2D eigenvalue weighted by Gasteiger charge is 1.99. The van der Waals surface area contributed by atoms with Crippen molar-refractivity contribution in [3.05, 3.63) is 23.8 Å². The summed E-state index contributed by atoms with van der Waals surface area (Å²) in [5.74, 6) is 1.05. The summed E-state index contributed by atoms with van der Waals surface area (Å²) in [4.78, 5) is 1.25. The van der Waals surface area contributed by atoms with Crippen LogP contribution in [0.4, 0.5) is 5.69 Å². The van der Waals surface area contributed by atoms with Gasteiger partial charge in [0.15, 0.2) is 0 Å². The Kier molecular flexibility index (Phi) is 4.84. The van der Waals surface area contributed by atoms with Gasteiger partial charge in [0.05, 0.1) is 0 Å². The molecule has 0 saturated carbocycles. The molecule has 0 aromatic heterocycles. The summed E-state index contributed by atoms with van der Waals surface area (Å²) in [6, 6.07) is 5.98. The van der Waals surface area contributed by atoms with Crippen molar-refractivity contribution in [2.24, 2.45) is 0 Å². The summed E-state index contributed by atoms with van der Waals surface area (Å²) in [5.41, 5.74) is 7.80. The molecule has 0 saturated heterocycles. The van der Waals surface area contributed by atoms with Crippen LogP contribution in [-0.2, 0) is 0 Å². The summed E-state index contributed by atoms with van der Waals surface area (Å²) in [5, 5.41) is 8.63. The standard InChI is InChI=1S/C11H17NOS/c1-9-4-5-10(12)8-11(9)14-7-3-2-6-13/h4-5,8,13H,2-3,6-7,12H2,1H3. The zero-order chi connectivity index (χ0) is 10.4. The summed E-state index contributed by atoms with van der Waals surface area (Å²) in [7, 11) is 0. The van der Waals surface area contributed by atoms with E-state index in [1.807, 2.05) is 30.0 Å². The normalized spacial score (nSPS) is 10.4. The Labute approximate surface area is 89.5 Å². The number of hydrogen-bond donors (Lipinski definition) is 2. The Balaban J connectivity index is 2.45. The lowest BCUT2D eigenvalue weighted by atomic mass is 10.2. The fourth-order valence-electron chi connectivity index (χ4n) is 1.17. The van der Waals surface area contributed by atoms with E-state index >= 15 is 0 Å². The molecule has 0 bridgehead atoms. The zero-order valence-corrected chi connectivity index (χ0v) is 9.31. The molecule has 0 atom stereocenters. The Hall–Kier alpha value is -0.670. The van der Waals surface area contributed by atoms with Crippen LogP contribution in [0, 0.1) is 6.92 Å². The predicted octanol–water partition coefficient (Wildman–Crippen LogP) is 2.44. The van der Waals surface area contributed by atoms with Crippen molar-refractivity contribution in [2.75, 3.05) is 18.1 Å². The van der Waals surface area contributed by atoms with E-state index in [0.29, 0.717) is 0 Å². The maximum absolute atomic E-state index is 8.63. The molecule has 0 aliphatic carbocycles. The molecule has 0 aliphatic rings. The minimum absolute atomic E-state index is 0.288. The van der Waals surface area contributed by atoms with Crippen molar-refractivity contribution in [2.45, 2.75) is 24.7 Å². The van der Waals surface area contributed by atoms with Crippen LogP contribution in [0.1, 0.15) is 18.4 Å². The van der Waals surface area contributed by atoms with E-state index in [1.165, 1.54) is 10.5 Å². The minimum atomic E-state index is 0.288. The maximum atomic E-state index is 8.63. The number of rotatable bonds is 5. The number of aliphatic hydroxyl groups excluding tert-OH is 1. The second-order valence-corrected chi connectivity index (χ2v) is 4.44. The van der Waals surface area contributed by atoms with Gasteiger partial charge >= 0.3 is 0 Å². The van der Waals surface area contributed by atoms with Crippen LogP contribution in [0.5, 0.6) is 0 Å². The molecule has 1 rings (SSSR count). The van der Waals surface area contributed by atoms with E-state index in [0.717, 1.165) is 24.3 Å². The van der Waals surface area contributed by atoms with Crippen molar-refractivity contribution in [3.8, 4) is 0 Å². The van der Waals surface area contributed by atoms with Crippen LogP contribution in [0.15, 0.2) is 23.1 Å². The second kappa shape index (κ2) is 5.94. The Morgan fingerprint density at radius 2 is 2.14 bits per heavy atom. The van der Waals surface area contributed by atoms with E-state index in [1.54, 1.807) is 0 Å². The fraction of sp³-hybridized carbons (Fsp3) is 0.455. The SMILES string of the molecule is Cc1ccc(N)cc1SCCCCO. The van der Waals surface area contributed by atoms with Crippen molar-refractivity contribution in [1.82, 2.24) is 0 Å². The van der Waals surface area contributed by atoms with Crippen molar-refractivity contribution in [1.29, 1.82) is 0 Å². The Bertz CT molecular complexity index is 289. The number of aliphatic hydroxyl groups is 1. The van der Waals surface area contributed by atoms with Gasteiger partial charge in [0.1, 0.15) is 0 Å². The molecule has 0 aliphatic heterocycles. The first kappa shape index (κ1) is 11.4. The number of benzene rings is 1. The van der Waals surface area contributed by atoms with Crippen LogP contribution in [0.3, 0.4) is 0 Å². The van der Waals surface area contributed by atoms with E-state index in [4.69, 9.17) is 10.8 Å². The molecular weight excluding hydrogens is 194 g/mol. The number of nitrogens with two attached hydrogens (primary N) is 1. The van der Waals surface area contributed by atoms with Gasteiger partial charge in [-0.05, 0) is 43.2 Å². The van der Waals surface area contributed by atoms with E-state index in [9.17, 15) is 0 Å². The molecule has 0 radical (unpaired) electrons. The van der Waals surface area contributed by atoms with Crippen LogP contribution in [-0.4, -0.2) is 17.5 Å². The molecule has 1 aromatic rings. The van der Waals surface area contributed by atoms with E-state index < -0.39 is 0 Å². The van der Waals surface area contributed by atoms with Gasteiger partial charge in [-0.2, -0.15) is 0 Å². The molecule has 3 N–H and O–H groups in total. The monoisotopic (exact) mass is 211 g/mol. The Morgan fingerprint density at radius 1 is 1.36 bits per heavy atom. The number of anilines is 1. The summed E-state index contributed by atoms with van der Waals surface area (Å²) in [6.07, 6.45) is 1.93. The van der Waals surface area contributed by atoms with Crippen molar-refractivity contribution >= 4 is 17.4 Å². The minimum Gasteiger partial charge on any atom is -0.399 e. The average molecular weight is 211 g/mol. The average Bonchev–Trinajstić information content (AvgIpc) is 2.18. The van der Waals surface area contributed by atoms with Gasteiger partial charge in [-0.25, -0.2) is 0 Å². The lowest BCUT2D eigenvalue weighted by Crippen LogP contribution is -1.89. The molecule has 2 nitrogen and oxygen atoms in total. The van der Waals surface area contributed by atoms with Gasteiger partial charge in [-0.3, -0.25) is 0 Å². The fourth-order valence-corrected chi connectivity index (χ4v) is 2.25. The molecule has 0 heterocycles. The molecular formula is C11H17NOS. The molecule has 0 amide bonds. The van der Waals surface area contributed by atoms with Crippen LogP contribution >= 0.6 is 11.8 Å². The number of unbranched alkanes of at least 4 members (excludes halogenated alkanes) is 1. The van der Waals surface area contributed by atoms with Gasteiger partial charge in [-0.1, -0.05) is 6.07 Å². The van der Waals surface area contributed by atoms with Crippen LogP contribution < -0.4 is 5.73 Å². The van der Waals surface area contributed by atoms with Gasteiger partial charge in [0, 0.05) is 17.2 Å². The number of nitrogen functional groups attached to an aromatic ring is 1. The summed E-state index contributed by atoms with van der Waals surface area (Å²) >= 11 is 1.81. The molecule has 1 aromatic carbocycles. The maximum Gasteiger partial charge on any atom is 0.0431 e. The molecule has 0 unspecified atom stereocenters. The number of hydrogen-bond acceptors (Lipinski definition) is 3. The quantitative estimate of drug-likeness (QED) is 0.447. The molecule has 78 valence electrons. The molecule has 0 spiro atoms. The lowest BCUT2D eigenvalue weighted by Gasteiger charge is -2.05. The highest BCUT2D eigenvalue weighted by atomic mass is 32.2.